The van der Waals surface area contributed by atoms with E-state index in [4.69, 9.17) is 0 Å². The fraction of sp³-hybridized carbons (Fsp3) is 0.667. The van der Waals surface area contributed by atoms with Gasteiger partial charge in [-0.3, -0.25) is 9.79 Å². The van der Waals surface area contributed by atoms with Crippen LogP contribution in [0, 0.1) is 0 Å². The molecule has 62 valence electrons. The zero-order valence-corrected chi connectivity index (χ0v) is 6.26. The van der Waals surface area contributed by atoms with Crippen LogP contribution < -0.4 is 16.0 Å². The van der Waals surface area contributed by atoms with Crippen LogP contribution in [0.25, 0.3) is 0 Å². The zero-order valence-electron chi connectivity index (χ0n) is 6.26. The standard InChI is InChI=1S/C3H4N2O.C3H8N2/c6-3-1-4-2-5-3;1-2-5-3-4-1/h2H,1H2,(H,4,5,6);4-5H,1-3H2. The number of carbonyl (C=O) groups excluding carboxylic acids is 1. The summed E-state index contributed by atoms with van der Waals surface area (Å²) in [5, 5.41) is 8.61. The fourth-order valence-corrected chi connectivity index (χ4v) is 0.734. The molecule has 0 aromatic carbocycles. The summed E-state index contributed by atoms with van der Waals surface area (Å²) in [5.41, 5.74) is 0. The highest BCUT2D eigenvalue weighted by molar-refractivity contribution is 5.93. The van der Waals surface area contributed by atoms with Gasteiger partial charge in [0, 0.05) is 19.8 Å². The van der Waals surface area contributed by atoms with Crippen molar-refractivity contribution in [2.24, 2.45) is 4.99 Å². The average Bonchev–Trinajstić information content (AvgIpc) is 2.57. The largest absolute Gasteiger partial charge is 0.316 e. The van der Waals surface area contributed by atoms with Crippen molar-refractivity contribution in [3.05, 3.63) is 0 Å². The number of nitrogens with one attached hydrogen (secondary N) is 3. The van der Waals surface area contributed by atoms with Crippen molar-refractivity contribution in [2.75, 3.05) is 26.3 Å². The summed E-state index contributed by atoms with van der Waals surface area (Å²) in [6.45, 7) is 3.58. The molecule has 0 atom stereocenters. The number of nitrogens with zero attached hydrogens (tertiary/aromatic N) is 1. The van der Waals surface area contributed by atoms with E-state index in [0.717, 1.165) is 19.8 Å². The van der Waals surface area contributed by atoms with E-state index in [0.29, 0.717) is 6.54 Å². The maximum absolute atomic E-state index is 10.0. The number of hydrogen-bond acceptors (Lipinski definition) is 4. The highest BCUT2D eigenvalue weighted by Crippen LogP contribution is 1.73. The van der Waals surface area contributed by atoms with Crippen LogP contribution in [0.2, 0.25) is 0 Å². The topological polar surface area (TPSA) is 65.5 Å². The van der Waals surface area contributed by atoms with Crippen molar-refractivity contribution in [2.45, 2.75) is 0 Å². The Balaban J connectivity index is 0.000000112. The quantitative estimate of drug-likeness (QED) is 0.391. The summed E-state index contributed by atoms with van der Waals surface area (Å²) >= 11 is 0. The minimum Gasteiger partial charge on any atom is -0.316 e. The van der Waals surface area contributed by atoms with Gasteiger partial charge >= 0.3 is 0 Å². The van der Waals surface area contributed by atoms with Crippen LogP contribution in [0.4, 0.5) is 0 Å². The predicted molar refractivity (Wildman–Crippen MR) is 42.4 cm³/mol. The molecule has 2 aliphatic heterocycles. The summed E-state index contributed by atoms with van der Waals surface area (Å²) in [6, 6.07) is 0. The molecule has 0 aromatic rings. The van der Waals surface area contributed by atoms with Crippen LogP contribution in [0.15, 0.2) is 4.99 Å². The van der Waals surface area contributed by atoms with Crippen molar-refractivity contribution < 1.29 is 4.79 Å². The molecule has 5 heteroatoms. The first-order chi connectivity index (χ1) is 5.39. The van der Waals surface area contributed by atoms with Crippen molar-refractivity contribution in [1.82, 2.24) is 16.0 Å². The third-order valence-electron chi connectivity index (χ3n) is 1.28. The lowest BCUT2D eigenvalue weighted by Gasteiger charge is -1.77. The van der Waals surface area contributed by atoms with Gasteiger partial charge in [0.2, 0.25) is 5.91 Å². The molecular weight excluding hydrogens is 144 g/mol. The minimum absolute atomic E-state index is 0.0185. The van der Waals surface area contributed by atoms with Gasteiger partial charge in [-0.15, -0.1) is 0 Å². The monoisotopic (exact) mass is 156 g/mol. The van der Waals surface area contributed by atoms with Gasteiger partial charge in [-0.2, -0.15) is 0 Å². The van der Waals surface area contributed by atoms with E-state index in [1.807, 2.05) is 0 Å². The summed E-state index contributed by atoms with van der Waals surface area (Å²) in [4.78, 5) is 13.6. The molecule has 0 spiro atoms. The maximum Gasteiger partial charge on any atom is 0.246 e. The normalized spacial score (nSPS) is 20.9. The molecule has 0 saturated carbocycles. The molecule has 0 bridgehead atoms. The lowest BCUT2D eigenvalue weighted by Crippen LogP contribution is -2.15. The van der Waals surface area contributed by atoms with Gasteiger partial charge in [-0.1, -0.05) is 0 Å². The van der Waals surface area contributed by atoms with Gasteiger partial charge < -0.3 is 16.0 Å². The Kier molecular flexibility index (Phi) is 3.57. The van der Waals surface area contributed by atoms with Crippen molar-refractivity contribution in [3.8, 4) is 0 Å². The Morgan fingerprint density at radius 1 is 1.36 bits per heavy atom. The van der Waals surface area contributed by atoms with Gasteiger partial charge in [-0.05, 0) is 0 Å². The molecule has 1 saturated heterocycles. The number of carbonyl (C=O) groups is 1. The van der Waals surface area contributed by atoms with E-state index in [9.17, 15) is 4.79 Å². The summed E-state index contributed by atoms with van der Waals surface area (Å²) in [7, 11) is 0. The highest BCUT2D eigenvalue weighted by atomic mass is 16.2. The Labute approximate surface area is 65.3 Å². The zero-order chi connectivity index (χ0) is 7.94. The Morgan fingerprint density at radius 2 is 2.09 bits per heavy atom. The lowest BCUT2D eigenvalue weighted by atomic mass is 10.7. The number of rotatable bonds is 0. The van der Waals surface area contributed by atoms with E-state index in [-0.39, 0.29) is 5.91 Å². The van der Waals surface area contributed by atoms with E-state index in [1.54, 1.807) is 0 Å². The van der Waals surface area contributed by atoms with Crippen LogP contribution in [0.1, 0.15) is 0 Å². The third kappa shape index (κ3) is 3.69. The van der Waals surface area contributed by atoms with Crippen LogP contribution in [-0.4, -0.2) is 38.5 Å². The van der Waals surface area contributed by atoms with Crippen LogP contribution in [0.5, 0.6) is 0 Å². The number of amides is 1. The molecule has 5 nitrogen and oxygen atoms in total. The minimum atomic E-state index is -0.0185. The van der Waals surface area contributed by atoms with Crippen molar-refractivity contribution in [3.63, 3.8) is 0 Å². The molecule has 0 unspecified atom stereocenters. The Hall–Kier alpha value is -0.940. The molecule has 0 aliphatic carbocycles. The second-order valence-electron chi connectivity index (χ2n) is 2.21. The third-order valence-corrected chi connectivity index (χ3v) is 1.28. The average molecular weight is 156 g/mol. The first-order valence-electron chi connectivity index (χ1n) is 3.58. The first kappa shape index (κ1) is 8.16. The number of aliphatic imine (C=N–C) groups is 1. The summed E-state index contributed by atoms with van der Waals surface area (Å²) < 4.78 is 0. The summed E-state index contributed by atoms with van der Waals surface area (Å²) in [5.74, 6) is -0.0185. The molecule has 2 aliphatic rings. The molecule has 1 fully saturated rings. The van der Waals surface area contributed by atoms with Gasteiger partial charge in [0.05, 0.1) is 6.34 Å². The molecule has 2 rings (SSSR count). The Bertz CT molecular complexity index is 135. The molecule has 0 radical (unpaired) electrons. The van der Waals surface area contributed by atoms with Crippen LogP contribution >= 0.6 is 0 Å². The highest BCUT2D eigenvalue weighted by Gasteiger charge is 1.98. The predicted octanol–water partition coefficient (Wildman–Crippen LogP) is -1.72. The molecule has 11 heavy (non-hydrogen) atoms. The van der Waals surface area contributed by atoms with E-state index >= 15 is 0 Å². The van der Waals surface area contributed by atoms with Crippen molar-refractivity contribution >= 4 is 12.2 Å². The smallest absolute Gasteiger partial charge is 0.246 e. The maximum atomic E-state index is 10.0. The SMILES string of the molecule is C1CNCN1.O=C1CN=CN1. The first-order valence-corrected chi connectivity index (χ1v) is 3.58. The second-order valence-corrected chi connectivity index (χ2v) is 2.21. The molecule has 2 heterocycles. The molecule has 3 N–H and O–H groups in total. The van der Waals surface area contributed by atoms with Gasteiger partial charge in [0.15, 0.2) is 0 Å². The van der Waals surface area contributed by atoms with Crippen LogP contribution in [-0.2, 0) is 4.79 Å². The van der Waals surface area contributed by atoms with Crippen LogP contribution in [0.3, 0.4) is 0 Å². The second kappa shape index (κ2) is 4.81. The Morgan fingerprint density at radius 3 is 2.27 bits per heavy atom. The van der Waals surface area contributed by atoms with Gasteiger partial charge in [0.1, 0.15) is 6.54 Å². The summed E-state index contributed by atoms with van der Waals surface area (Å²) in [6.07, 6.45) is 1.41. The van der Waals surface area contributed by atoms with E-state index in [2.05, 4.69) is 20.9 Å². The molecule has 0 aromatic heterocycles. The lowest BCUT2D eigenvalue weighted by molar-refractivity contribution is -0.117. The molecule has 1 amide bonds. The van der Waals surface area contributed by atoms with E-state index < -0.39 is 0 Å². The fourth-order valence-electron chi connectivity index (χ4n) is 0.734. The molecular formula is C6H12N4O. The number of hydrogen-bond donors (Lipinski definition) is 3. The van der Waals surface area contributed by atoms with Gasteiger partial charge in [0.25, 0.3) is 0 Å². The van der Waals surface area contributed by atoms with E-state index in [1.165, 1.54) is 6.34 Å². The van der Waals surface area contributed by atoms with Gasteiger partial charge in [-0.25, -0.2) is 0 Å². The van der Waals surface area contributed by atoms with Crippen molar-refractivity contribution in [1.29, 1.82) is 0 Å².